The first-order valence-corrected chi connectivity index (χ1v) is 8.82. The third kappa shape index (κ3) is 4.48. The SMILES string of the molecule is Cc1ccc(-c2cc(Cl)nc3c2CCC(CNCC(C)(F)F)O3)c(F)c1. The van der Waals surface area contributed by atoms with E-state index in [1.54, 1.807) is 12.1 Å². The number of aryl methyl sites for hydroxylation is 1. The topological polar surface area (TPSA) is 34.2 Å². The summed E-state index contributed by atoms with van der Waals surface area (Å²) in [6.07, 6.45) is 0.947. The first-order chi connectivity index (χ1) is 12.2. The smallest absolute Gasteiger partial charge is 0.257 e. The van der Waals surface area contributed by atoms with Gasteiger partial charge in [0, 0.05) is 24.6 Å². The fourth-order valence-electron chi connectivity index (χ4n) is 3.05. The van der Waals surface area contributed by atoms with Gasteiger partial charge in [0.1, 0.15) is 17.1 Å². The second-order valence-electron chi connectivity index (χ2n) is 6.74. The Hall–Kier alpha value is -1.79. The van der Waals surface area contributed by atoms with Crippen molar-refractivity contribution < 1.29 is 17.9 Å². The molecule has 0 saturated heterocycles. The number of benzene rings is 1. The second kappa shape index (κ2) is 7.45. The molecule has 1 aromatic heterocycles. The molecule has 140 valence electrons. The van der Waals surface area contributed by atoms with Gasteiger partial charge in [-0.15, -0.1) is 0 Å². The Bertz CT molecular complexity index is 808. The zero-order valence-electron chi connectivity index (χ0n) is 14.6. The van der Waals surface area contributed by atoms with Gasteiger partial charge in [-0.3, -0.25) is 0 Å². The van der Waals surface area contributed by atoms with Crippen LogP contribution in [0.25, 0.3) is 11.1 Å². The lowest BCUT2D eigenvalue weighted by Gasteiger charge is -2.27. The van der Waals surface area contributed by atoms with Crippen LogP contribution >= 0.6 is 11.6 Å². The van der Waals surface area contributed by atoms with Crippen molar-refractivity contribution in [3.05, 3.63) is 46.4 Å². The van der Waals surface area contributed by atoms with Crippen molar-refractivity contribution in [2.24, 2.45) is 0 Å². The van der Waals surface area contributed by atoms with Gasteiger partial charge in [0.2, 0.25) is 5.88 Å². The average Bonchev–Trinajstić information content (AvgIpc) is 2.52. The van der Waals surface area contributed by atoms with Gasteiger partial charge < -0.3 is 10.1 Å². The summed E-state index contributed by atoms with van der Waals surface area (Å²) in [6, 6.07) is 6.65. The van der Waals surface area contributed by atoms with Crippen LogP contribution in [0.2, 0.25) is 5.15 Å². The largest absolute Gasteiger partial charge is 0.473 e. The summed E-state index contributed by atoms with van der Waals surface area (Å²) in [7, 11) is 0. The summed E-state index contributed by atoms with van der Waals surface area (Å²) in [5.41, 5.74) is 2.72. The summed E-state index contributed by atoms with van der Waals surface area (Å²) >= 11 is 6.10. The van der Waals surface area contributed by atoms with Crippen LogP contribution in [0.5, 0.6) is 5.88 Å². The Labute approximate surface area is 155 Å². The number of rotatable bonds is 5. The highest BCUT2D eigenvalue weighted by Crippen LogP contribution is 2.37. The minimum atomic E-state index is -2.77. The molecule has 7 heteroatoms. The number of pyridine rings is 1. The van der Waals surface area contributed by atoms with Gasteiger partial charge in [-0.1, -0.05) is 23.7 Å². The molecule has 0 radical (unpaired) electrons. The highest BCUT2D eigenvalue weighted by Gasteiger charge is 2.27. The number of alkyl halides is 2. The van der Waals surface area contributed by atoms with Crippen molar-refractivity contribution in [3.8, 4) is 17.0 Å². The second-order valence-corrected chi connectivity index (χ2v) is 7.13. The molecule has 0 fully saturated rings. The first kappa shape index (κ1) is 19.0. The maximum absolute atomic E-state index is 14.4. The van der Waals surface area contributed by atoms with Gasteiger partial charge in [-0.05, 0) is 43.0 Å². The van der Waals surface area contributed by atoms with Crippen LogP contribution in [-0.4, -0.2) is 30.1 Å². The van der Waals surface area contributed by atoms with Crippen molar-refractivity contribution in [2.45, 2.75) is 38.7 Å². The number of hydrogen-bond acceptors (Lipinski definition) is 3. The third-order valence-corrected chi connectivity index (χ3v) is 4.47. The Morgan fingerprint density at radius 2 is 2.08 bits per heavy atom. The molecule has 1 N–H and O–H groups in total. The zero-order valence-corrected chi connectivity index (χ0v) is 15.3. The predicted molar refractivity (Wildman–Crippen MR) is 95.6 cm³/mol. The van der Waals surface area contributed by atoms with E-state index in [9.17, 15) is 13.2 Å². The minimum Gasteiger partial charge on any atom is -0.473 e. The molecule has 26 heavy (non-hydrogen) atoms. The van der Waals surface area contributed by atoms with E-state index >= 15 is 0 Å². The van der Waals surface area contributed by atoms with Crippen LogP contribution in [0.3, 0.4) is 0 Å². The van der Waals surface area contributed by atoms with Crippen molar-refractivity contribution in [2.75, 3.05) is 13.1 Å². The van der Waals surface area contributed by atoms with Crippen molar-refractivity contribution >= 4 is 11.6 Å². The molecule has 0 spiro atoms. The van der Waals surface area contributed by atoms with E-state index < -0.39 is 12.5 Å². The number of nitrogens with one attached hydrogen (secondary N) is 1. The normalized spacial score (nSPS) is 16.9. The molecule has 1 aliphatic heterocycles. The monoisotopic (exact) mass is 384 g/mol. The van der Waals surface area contributed by atoms with Crippen LogP contribution in [0.15, 0.2) is 24.3 Å². The third-order valence-electron chi connectivity index (χ3n) is 4.27. The molecular weight excluding hydrogens is 365 g/mol. The Morgan fingerprint density at radius 1 is 1.31 bits per heavy atom. The number of hydrogen-bond donors (Lipinski definition) is 1. The van der Waals surface area contributed by atoms with Crippen molar-refractivity contribution in [1.29, 1.82) is 0 Å². The minimum absolute atomic E-state index is 0.201. The maximum Gasteiger partial charge on any atom is 0.257 e. The predicted octanol–water partition coefficient (Wildman–Crippen LogP) is 4.79. The van der Waals surface area contributed by atoms with E-state index in [-0.39, 0.29) is 23.6 Å². The molecule has 1 atom stereocenters. The number of ether oxygens (including phenoxy) is 1. The molecule has 3 nitrogen and oxygen atoms in total. The van der Waals surface area contributed by atoms with Gasteiger partial charge in [0.05, 0.1) is 6.54 Å². The molecule has 3 rings (SSSR count). The summed E-state index contributed by atoms with van der Waals surface area (Å²) in [6.45, 7) is 2.55. The molecule has 2 aromatic rings. The molecular formula is C19H20ClF3N2O. The molecule has 0 saturated carbocycles. The lowest BCUT2D eigenvalue weighted by atomic mass is 9.94. The summed E-state index contributed by atoms with van der Waals surface area (Å²) in [4.78, 5) is 4.20. The van der Waals surface area contributed by atoms with Crippen LogP contribution in [-0.2, 0) is 6.42 Å². The lowest BCUT2D eigenvalue weighted by molar-refractivity contribution is 0.0197. The van der Waals surface area contributed by atoms with Crippen LogP contribution in [0.1, 0.15) is 24.5 Å². The van der Waals surface area contributed by atoms with E-state index in [0.29, 0.717) is 29.8 Å². The molecule has 1 aliphatic rings. The van der Waals surface area contributed by atoms with Gasteiger partial charge in [0.15, 0.2) is 0 Å². The molecule has 1 aromatic carbocycles. The van der Waals surface area contributed by atoms with Crippen LogP contribution < -0.4 is 10.1 Å². The maximum atomic E-state index is 14.4. The van der Waals surface area contributed by atoms with E-state index in [4.69, 9.17) is 16.3 Å². The summed E-state index contributed by atoms with van der Waals surface area (Å²) in [5.74, 6) is -2.76. The van der Waals surface area contributed by atoms with Crippen molar-refractivity contribution in [1.82, 2.24) is 10.3 Å². The van der Waals surface area contributed by atoms with Crippen molar-refractivity contribution in [3.63, 3.8) is 0 Å². The first-order valence-electron chi connectivity index (χ1n) is 8.44. The molecule has 2 heterocycles. The fourth-order valence-corrected chi connectivity index (χ4v) is 3.24. The Morgan fingerprint density at radius 3 is 2.77 bits per heavy atom. The van der Waals surface area contributed by atoms with E-state index in [1.807, 2.05) is 13.0 Å². The average molecular weight is 385 g/mol. The van der Waals surface area contributed by atoms with Crippen LogP contribution in [0, 0.1) is 12.7 Å². The van der Waals surface area contributed by atoms with E-state index in [1.165, 1.54) is 6.07 Å². The van der Waals surface area contributed by atoms with Gasteiger partial charge in [0.25, 0.3) is 5.92 Å². The Balaban J connectivity index is 1.83. The van der Waals surface area contributed by atoms with Gasteiger partial charge in [-0.25, -0.2) is 18.2 Å². The molecule has 1 unspecified atom stereocenters. The summed E-state index contributed by atoms with van der Waals surface area (Å²) < 4.78 is 46.0. The lowest BCUT2D eigenvalue weighted by Crippen LogP contribution is -2.39. The highest BCUT2D eigenvalue weighted by atomic mass is 35.5. The highest BCUT2D eigenvalue weighted by molar-refractivity contribution is 6.29. The van der Waals surface area contributed by atoms with Gasteiger partial charge >= 0.3 is 0 Å². The summed E-state index contributed by atoms with van der Waals surface area (Å²) in [5, 5.41) is 2.91. The van der Waals surface area contributed by atoms with E-state index in [2.05, 4.69) is 10.3 Å². The van der Waals surface area contributed by atoms with Gasteiger partial charge in [-0.2, -0.15) is 0 Å². The Kier molecular flexibility index (Phi) is 5.44. The quantitative estimate of drug-likeness (QED) is 0.753. The van der Waals surface area contributed by atoms with Crippen LogP contribution in [0.4, 0.5) is 13.2 Å². The standard InChI is InChI=1S/C19H20ClF3N2O/c1-11-3-5-13(16(21)7-11)15-8-17(20)25-18-14(15)6-4-12(26-18)9-24-10-19(2,22)23/h3,5,7-8,12,24H,4,6,9-10H2,1-2H3. The van der Waals surface area contributed by atoms with E-state index in [0.717, 1.165) is 18.1 Å². The molecule has 0 amide bonds. The molecule has 0 aliphatic carbocycles. The number of nitrogens with zero attached hydrogens (tertiary/aromatic N) is 1. The fraction of sp³-hybridized carbons (Fsp3) is 0.421. The number of aromatic nitrogens is 1. The molecule has 0 bridgehead atoms. The number of halogens is 4. The number of fused-ring (bicyclic) bond motifs is 1. The zero-order chi connectivity index (χ0) is 18.9.